The molecule has 20 heavy (non-hydrogen) atoms. The second-order valence-electron chi connectivity index (χ2n) is 6.56. The molecule has 1 fully saturated rings. The summed E-state index contributed by atoms with van der Waals surface area (Å²) in [6.45, 7) is 9.19. The summed E-state index contributed by atoms with van der Waals surface area (Å²) < 4.78 is 0. The largest absolute Gasteiger partial charge is 0.323 e. The summed E-state index contributed by atoms with van der Waals surface area (Å²) in [4.78, 5) is 2.62. The van der Waals surface area contributed by atoms with Crippen molar-refractivity contribution in [3.05, 3.63) is 35.9 Å². The van der Waals surface area contributed by atoms with Crippen LogP contribution in [0.1, 0.15) is 51.6 Å². The summed E-state index contributed by atoms with van der Waals surface area (Å²) in [5.74, 6) is 1.48. The molecule has 1 aromatic carbocycles. The first-order chi connectivity index (χ1) is 9.63. The Labute approximate surface area is 124 Å². The zero-order valence-electron chi connectivity index (χ0n) is 13.3. The van der Waals surface area contributed by atoms with Crippen LogP contribution in [-0.2, 0) is 0 Å². The molecule has 0 spiro atoms. The Morgan fingerprint density at radius 2 is 1.85 bits per heavy atom. The molecule has 0 radical (unpaired) electrons. The summed E-state index contributed by atoms with van der Waals surface area (Å²) in [5.41, 5.74) is 7.87. The van der Waals surface area contributed by atoms with Gasteiger partial charge in [0.2, 0.25) is 0 Å². The van der Waals surface area contributed by atoms with Crippen LogP contribution >= 0.6 is 0 Å². The predicted molar refractivity (Wildman–Crippen MR) is 86.6 cm³/mol. The Bertz CT molecular complexity index is 384. The van der Waals surface area contributed by atoms with Crippen molar-refractivity contribution in [1.29, 1.82) is 0 Å². The highest BCUT2D eigenvalue weighted by Gasteiger charge is 2.30. The molecule has 1 saturated carbocycles. The molecule has 0 aliphatic heterocycles. The summed E-state index contributed by atoms with van der Waals surface area (Å²) >= 11 is 0. The minimum atomic E-state index is 0.108. The third-order valence-electron chi connectivity index (χ3n) is 4.78. The fourth-order valence-corrected chi connectivity index (χ4v) is 3.40. The van der Waals surface area contributed by atoms with Crippen molar-refractivity contribution in [2.24, 2.45) is 17.6 Å². The van der Waals surface area contributed by atoms with Gasteiger partial charge in [-0.1, -0.05) is 57.5 Å². The van der Waals surface area contributed by atoms with E-state index >= 15 is 0 Å². The molecular weight excluding hydrogens is 244 g/mol. The molecule has 2 rings (SSSR count). The summed E-state index contributed by atoms with van der Waals surface area (Å²) in [6.07, 6.45) is 4.23. The quantitative estimate of drug-likeness (QED) is 0.818. The number of rotatable bonds is 7. The van der Waals surface area contributed by atoms with Gasteiger partial charge in [0.15, 0.2) is 0 Å². The first kappa shape index (κ1) is 15.5. The van der Waals surface area contributed by atoms with Crippen molar-refractivity contribution in [3.63, 3.8) is 0 Å². The van der Waals surface area contributed by atoms with Crippen LogP contribution < -0.4 is 5.73 Å². The van der Waals surface area contributed by atoms with E-state index in [0.717, 1.165) is 12.5 Å². The van der Waals surface area contributed by atoms with Crippen LogP contribution in [0, 0.1) is 11.8 Å². The monoisotopic (exact) mass is 274 g/mol. The maximum Gasteiger partial charge on any atom is 0.0455 e. The Hall–Kier alpha value is -0.860. The molecule has 0 amide bonds. The topological polar surface area (TPSA) is 29.3 Å². The number of hydrogen-bond acceptors (Lipinski definition) is 2. The van der Waals surface area contributed by atoms with Gasteiger partial charge in [0.05, 0.1) is 0 Å². The van der Waals surface area contributed by atoms with Gasteiger partial charge in [0.25, 0.3) is 0 Å². The molecular formula is C18H30N2. The molecule has 1 aliphatic rings. The Balaban J connectivity index is 2.11. The third kappa shape index (κ3) is 3.62. The van der Waals surface area contributed by atoms with E-state index in [2.05, 4.69) is 56.0 Å². The van der Waals surface area contributed by atoms with Gasteiger partial charge in [-0.15, -0.1) is 0 Å². The van der Waals surface area contributed by atoms with Crippen molar-refractivity contribution < 1.29 is 0 Å². The van der Waals surface area contributed by atoms with Gasteiger partial charge in [-0.05, 0) is 36.8 Å². The molecule has 2 N–H and O–H groups in total. The molecule has 0 bridgehead atoms. The smallest absolute Gasteiger partial charge is 0.0455 e. The molecule has 0 saturated heterocycles. The van der Waals surface area contributed by atoms with E-state index in [1.54, 1.807) is 0 Å². The lowest BCUT2D eigenvalue weighted by molar-refractivity contribution is 0.0943. The zero-order chi connectivity index (χ0) is 14.5. The lowest BCUT2D eigenvalue weighted by Crippen LogP contribution is -2.48. The van der Waals surface area contributed by atoms with Crippen molar-refractivity contribution in [1.82, 2.24) is 4.90 Å². The van der Waals surface area contributed by atoms with Crippen LogP contribution in [0.25, 0.3) is 0 Å². The molecule has 0 heterocycles. The van der Waals surface area contributed by atoms with Crippen LogP contribution in [0.3, 0.4) is 0 Å². The molecule has 1 aromatic rings. The van der Waals surface area contributed by atoms with Gasteiger partial charge in [0.1, 0.15) is 0 Å². The lowest BCUT2D eigenvalue weighted by atomic mass is 9.83. The lowest BCUT2D eigenvalue weighted by Gasteiger charge is -2.41. The standard InChI is InChI=1S/C18H30N2/c1-4-20(13-15-9-8-10-15)18(14(2)3)17(19)16-11-6-5-7-12-16/h5-7,11-12,14-15,17-18H,4,8-10,13,19H2,1-3H3. The third-order valence-corrected chi connectivity index (χ3v) is 4.78. The number of nitrogens with zero attached hydrogens (tertiary/aromatic N) is 1. The van der Waals surface area contributed by atoms with Crippen molar-refractivity contribution in [3.8, 4) is 0 Å². The van der Waals surface area contributed by atoms with Gasteiger partial charge in [-0.25, -0.2) is 0 Å². The normalized spacial score (nSPS) is 19.1. The molecule has 0 aromatic heterocycles. The van der Waals surface area contributed by atoms with Crippen LogP contribution in [-0.4, -0.2) is 24.0 Å². The first-order valence-electron chi connectivity index (χ1n) is 8.18. The zero-order valence-corrected chi connectivity index (χ0v) is 13.3. The highest BCUT2D eigenvalue weighted by molar-refractivity contribution is 5.20. The minimum absolute atomic E-state index is 0.108. The highest BCUT2D eigenvalue weighted by Crippen LogP contribution is 2.31. The number of nitrogens with two attached hydrogens (primary N) is 1. The summed E-state index contributed by atoms with van der Waals surface area (Å²) in [7, 11) is 0. The average Bonchev–Trinajstić information content (AvgIpc) is 2.41. The number of benzene rings is 1. The Kier molecular flexibility index (Phi) is 5.62. The molecule has 1 aliphatic carbocycles. The first-order valence-corrected chi connectivity index (χ1v) is 8.18. The van der Waals surface area contributed by atoms with Gasteiger partial charge >= 0.3 is 0 Å². The maximum atomic E-state index is 6.61. The van der Waals surface area contributed by atoms with E-state index < -0.39 is 0 Å². The second kappa shape index (κ2) is 7.24. The van der Waals surface area contributed by atoms with E-state index in [0.29, 0.717) is 12.0 Å². The van der Waals surface area contributed by atoms with Crippen molar-refractivity contribution in [2.75, 3.05) is 13.1 Å². The maximum absolute atomic E-state index is 6.61. The predicted octanol–water partition coefficient (Wildman–Crippen LogP) is 3.83. The van der Waals surface area contributed by atoms with Crippen LogP contribution in [0.2, 0.25) is 0 Å². The molecule has 2 atom stereocenters. The summed E-state index contributed by atoms with van der Waals surface area (Å²) in [6, 6.07) is 11.1. The van der Waals surface area contributed by atoms with Gasteiger partial charge in [-0.3, -0.25) is 4.90 Å². The van der Waals surface area contributed by atoms with Crippen LogP contribution in [0.5, 0.6) is 0 Å². The van der Waals surface area contributed by atoms with Gasteiger partial charge < -0.3 is 5.73 Å². The minimum Gasteiger partial charge on any atom is -0.323 e. The number of hydrogen-bond donors (Lipinski definition) is 1. The van der Waals surface area contributed by atoms with Crippen molar-refractivity contribution in [2.45, 2.75) is 52.1 Å². The van der Waals surface area contributed by atoms with E-state index in [1.165, 1.54) is 31.4 Å². The van der Waals surface area contributed by atoms with Crippen LogP contribution in [0.4, 0.5) is 0 Å². The highest BCUT2D eigenvalue weighted by atomic mass is 15.2. The van der Waals surface area contributed by atoms with Crippen molar-refractivity contribution >= 4 is 0 Å². The average molecular weight is 274 g/mol. The molecule has 2 nitrogen and oxygen atoms in total. The molecule has 2 unspecified atom stereocenters. The fourth-order valence-electron chi connectivity index (χ4n) is 3.40. The molecule has 2 heteroatoms. The second-order valence-corrected chi connectivity index (χ2v) is 6.56. The Morgan fingerprint density at radius 1 is 1.20 bits per heavy atom. The van der Waals surface area contributed by atoms with Crippen LogP contribution in [0.15, 0.2) is 30.3 Å². The van der Waals surface area contributed by atoms with Gasteiger partial charge in [-0.2, -0.15) is 0 Å². The Morgan fingerprint density at radius 3 is 2.30 bits per heavy atom. The summed E-state index contributed by atoms with van der Waals surface area (Å²) in [5, 5.41) is 0. The van der Waals surface area contributed by atoms with E-state index in [9.17, 15) is 0 Å². The molecule has 112 valence electrons. The fraction of sp³-hybridized carbons (Fsp3) is 0.667. The van der Waals surface area contributed by atoms with E-state index in [1.807, 2.05) is 0 Å². The van der Waals surface area contributed by atoms with Gasteiger partial charge in [0, 0.05) is 18.6 Å². The number of likely N-dealkylation sites (N-methyl/N-ethyl adjacent to an activating group) is 1. The SMILES string of the molecule is CCN(CC1CCC1)C(C(C)C)C(N)c1ccccc1. The van der Waals surface area contributed by atoms with E-state index in [4.69, 9.17) is 5.73 Å². The van der Waals surface area contributed by atoms with E-state index in [-0.39, 0.29) is 6.04 Å².